The molecule has 0 aliphatic carbocycles. The normalized spacial score (nSPS) is 17.7. The third-order valence-corrected chi connectivity index (χ3v) is 4.52. The van der Waals surface area contributed by atoms with Crippen molar-refractivity contribution in [3.8, 4) is 0 Å². The summed E-state index contributed by atoms with van der Waals surface area (Å²) in [6, 6.07) is 8.67. The maximum atomic E-state index is 5.61. The van der Waals surface area contributed by atoms with Crippen molar-refractivity contribution in [2.24, 2.45) is 4.99 Å². The van der Waals surface area contributed by atoms with Gasteiger partial charge in [0.15, 0.2) is 5.96 Å². The summed E-state index contributed by atoms with van der Waals surface area (Å²) in [6.45, 7) is 7.61. The van der Waals surface area contributed by atoms with Gasteiger partial charge in [-0.05, 0) is 38.8 Å². The first-order valence-corrected chi connectivity index (χ1v) is 9.09. The highest BCUT2D eigenvalue weighted by Gasteiger charge is 2.14. The molecule has 6 heteroatoms. The van der Waals surface area contributed by atoms with E-state index in [4.69, 9.17) is 4.74 Å². The summed E-state index contributed by atoms with van der Waals surface area (Å²) in [4.78, 5) is 5.93. The number of benzene rings is 1. The second-order valence-electron chi connectivity index (χ2n) is 5.44. The van der Waals surface area contributed by atoms with Crippen molar-refractivity contribution in [3.05, 3.63) is 29.8 Å². The van der Waals surface area contributed by atoms with Gasteiger partial charge in [-0.2, -0.15) is 0 Å². The molecule has 0 saturated carbocycles. The highest BCUT2D eigenvalue weighted by atomic mass is 127. The SMILES string of the molecule is CCNC(=NCC1CCCO1)NCCSc1ccc(C)cc1.I. The zero-order valence-corrected chi connectivity index (χ0v) is 17.2. The smallest absolute Gasteiger partial charge is 0.191 e. The summed E-state index contributed by atoms with van der Waals surface area (Å²) in [5.74, 6) is 1.91. The van der Waals surface area contributed by atoms with Crippen molar-refractivity contribution >= 4 is 41.7 Å². The Hall–Kier alpha value is -0.470. The van der Waals surface area contributed by atoms with Crippen molar-refractivity contribution in [1.82, 2.24) is 10.6 Å². The third-order valence-electron chi connectivity index (χ3n) is 3.51. The van der Waals surface area contributed by atoms with Crippen molar-refractivity contribution in [2.45, 2.75) is 37.7 Å². The van der Waals surface area contributed by atoms with Crippen LogP contribution in [0.1, 0.15) is 25.3 Å². The van der Waals surface area contributed by atoms with Gasteiger partial charge in [0.1, 0.15) is 0 Å². The molecule has 23 heavy (non-hydrogen) atoms. The molecule has 1 aliphatic heterocycles. The largest absolute Gasteiger partial charge is 0.376 e. The average Bonchev–Trinajstić information content (AvgIpc) is 3.04. The number of aryl methyl sites for hydroxylation is 1. The number of guanidine groups is 1. The van der Waals surface area contributed by atoms with E-state index in [1.807, 2.05) is 11.8 Å². The number of aliphatic imine (C=N–C) groups is 1. The van der Waals surface area contributed by atoms with E-state index in [0.29, 0.717) is 6.10 Å². The predicted molar refractivity (Wildman–Crippen MR) is 110 cm³/mol. The molecule has 2 N–H and O–H groups in total. The van der Waals surface area contributed by atoms with E-state index in [2.05, 4.69) is 53.7 Å². The van der Waals surface area contributed by atoms with E-state index in [1.165, 1.54) is 10.5 Å². The van der Waals surface area contributed by atoms with Crippen LogP contribution >= 0.6 is 35.7 Å². The maximum Gasteiger partial charge on any atom is 0.191 e. The Morgan fingerprint density at radius 2 is 2.09 bits per heavy atom. The lowest BCUT2D eigenvalue weighted by atomic mass is 10.2. The van der Waals surface area contributed by atoms with E-state index >= 15 is 0 Å². The molecule has 1 atom stereocenters. The zero-order valence-electron chi connectivity index (χ0n) is 14.0. The monoisotopic (exact) mass is 449 g/mol. The molecule has 1 unspecified atom stereocenters. The highest BCUT2D eigenvalue weighted by Crippen LogP contribution is 2.17. The molecular formula is C17H28IN3OS. The van der Waals surface area contributed by atoms with Crippen LogP contribution in [-0.4, -0.2) is 44.1 Å². The zero-order chi connectivity index (χ0) is 15.6. The van der Waals surface area contributed by atoms with Gasteiger partial charge < -0.3 is 15.4 Å². The van der Waals surface area contributed by atoms with E-state index in [9.17, 15) is 0 Å². The molecule has 1 heterocycles. The van der Waals surface area contributed by atoms with E-state index in [-0.39, 0.29) is 24.0 Å². The first-order chi connectivity index (χ1) is 10.8. The van der Waals surface area contributed by atoms with Gasteiger partial charge in [-0.3, -0.25) is 4.99 Å². The van der Waals surface area contributed by atoms with E-state index < -0.39 is 0 Å². The molecular weight excluding hydrogens is 421 g/mol. The summed E-state index contributed by atoms with van der Waals surface area (Å²) in [6.07, 6.45) is 2.60. The Bertz CT molecular complexity index is 461. The van der Waals surface area contributed by atoms with Gasteiger partial charge in [0, 0.05) is 30.3 Å². The molecule has 130 valence electrons. The third kappa shape index (κ3) is 8.26. The average molecular weight is 449 g/mol. The summed E-state index contributed by atoms with van der Waals surface area (Å²) in [7, 11) is 0. The van der Waals surface area contributed by atoms with Crippen molar-refractivity contribution in [1.29, 1.82) is 0 Å². The quantitative estimate of drug-likeness (QED) is 0.220. The van der Waals surface area contributed by atoms with Crippen LogP contribution in [0.15, 0.2) is 34.2 Å². The van der Waals surface area contributed by atoms with Crippen LogP contribution in [0, 0.1) is 6.92 Å². The fourth-order valence-corrected chi connectivity index (χ4v) is 3.06. The molecule has 1 aromatic rings. The van der Waals surface area contributed by atoms with Gasteiger partial charge in [-0.25, -0.2) is 0 Å². The molecule has 1 saturated heterocycles. The lowest BCUT2D eigenvalue weighted by molar-refractivity contribution is 0.117. The van der Waals surface area contributed by atoms with Gasteiger partial charge >= 0.3 is 0 Å². The molecule has 0 amide bonds. The number of halogens is 1. The Morgan fingerprint density at radius 3 is 2.74 bits per heavy atom. The van der Waals surface area contributed by atoms with E-state index in [0.717, 1.165) is 50.8 Å². The van der Waals surface area contributed by atoms with Gasteiger partial charge in [0.05, 0.1) is 12.6 Å². The van der Waals surface area contributed by atoms with E-state index in [1.54, 1.807) is 0 Å². The van der Waals surface area contributed by atoms with Gasteiger partial charge in [0.2, 0.25) is 0 Å². The molecule has 2 rings (SSSR count). The summed E-state index contributed by atoms with van der Waals surface area (Å²) in [5.41, 5.74) is 1.30. The molecule has 1 fully saturated rings. The number of hydrogen-bond acceptors (Lipinski definition) is 3. The minimum Gasteiger partial charge on any atom is -0.376 e. The minimum absolute atomic E-state index is 0. The molecule has 0 aromatic heterocycles. The van der Waals surface area contributed by atoms with Crippen LogP contribution in [0.25, 0.3) is 0 Å². The van der Waals surface area contributed by atoms with Crippen LogP contribution in [0.2, 0.25) is 0 Å². The Balaban J connectivity index is 0.00000264. The number of nitrogens with zero attached hydrogens (tertiary/aromatic N) is 1. The number of hydrogen-bond donors (Lipinski definition) is 2. The minimum atomic E-state index is 0. The predicted octanol–water partition coefficient (Wildman–Crippen LogP) is 3.44. The Labute approximate surface area is 161 Å². The second kappa shape index (κ2) is 12.0. The molecule has 1 aromatic carbocycles. The first-order valence-electron chi connectivity index (χ1n) is 8.11. The molecule has 1 aliphatic rings. The van der Waals surface area contributed by atoms with Gasteiger partial charge in [-0.15, -0.1) is 35.7 Å². The Kier molecular flexibility index (Phi) is 10.7. The van der Waals surface area contributed by atoms with Crippen molar-refractivity contribution in [3.63, 3.8) is 0 Å². The molecule has 0 radical (unpaired) electrons. The van der Waals surface area contributed by atoms with Crippen LogP contribution in [-0.2, 0) is 4.74 Å². The van der Waals surface area contributed by atoms with Crippen molar-refractivity contribution in [2.75, 3.05) is 32.0 Å². The number of rotatable bonds is 7. The fraction of sp³-hybridized carbons (Fsp3) is 0.588. The summed E-state index contributed by atoms with van der Waals surface area (Å²) in [5, 5.41) is 6.68. The van der Waals surface area contributed by atoms with Crippen molar-refractivity contribution < 1.29 is 4.74 Å². The lowest BCUT2D eigenvalue weighted by Crippen LogP contribution is -2.39. The number of thioether (sulfide) groups is 1. The fourth-order valence-electron chi connectivity index (χ4n) is 2.30. The van der Waals surface area contributed by atoms with Gasteiger partial charge in [0.25, 0.3) is 0 Å². The van der Waals surface area contributed by atoms with Crippen LogP contribution in [0.3, 0.4) is 0 Å². The lowest BCUT2D eigenvalue weighted by Gasteiger charge is -2.12. The van der Waals surface area contributed by atoms with Gasteiger partial charge in [-0.1, -0.05) is 17.7 Å². The van der Waals surface area contributed by atoms with Crippen LogP contribution in [0.4, 0.5) is 0 Å². The topological polar surface area (TPSA) is 45.7 Å². The Morgan fingerprint density at radius 1 is 1.30 bits per heavy atom. The summed E-state index contributed by atoms with van der Waals surface area (Å²) < 4.78 is 5.61. The molecule has 0 spiro atoms. The maximum absolute atomic E-state index is 5.61. The number of ether oxygens (including phenoxy) is 1. The standard InChI is InChI=1S/C17H27N3OS.HI/c1-3-18-17(20-13-15-5-4-11-21-15)19-10-12-22-16-8-6-14(2)7-9-16;/h6-9,15H,3-5,10-13H2,1-2H3,(H2,18,19,20);1H. The highest BCUT2D eigenvalue weighted by molar-refractivity contribution is 14.0. The van der Waals surface area contributed by atoms with Crippen LogP contribution in [0.5, 0.6) is 0 Å². The first kappa shape index (κ1) is 20.6. The summed E-state index contributed by atoms with van der Waals surface area (Å²) >= 11 is 1.86. The molecule has 0 bridgehead atoms. The second-order valence-corrected chi connectivity index (χ2v) is 6.61. The molecule has 4 nitrogen and oxygen atoms in total. The number of nitrogens with one attached hydrogen (secondary N) is 2. The van der Waals surface area contributed by atoms with Crippen LogP contribution < -0.4 is 10.6 Å².